The van der Waals surface area contributed by atoms with Gasteiger partial charge in [0.1, 0.15) is 42.8 Å². The molecule has 0 spiro atoms. The third-order valence-electron chi connectivity index (χ3n) is 13.5. The van der Waals surface area contributed by atoms with Gasteiger partial charge in [-0.1, -0.05) is 57.5 Å². The van der Waals surface area contributed by atoms with Crippen molar-refractivity contribution in [3.63, 3.8) is 0 Å². The van der Waals surface area contributed by atoms with Gasteiger partial charge in [-0.05, 0) is 77.7 Å². The van der Waals surface area contributed by atoms with Gasteiger partial charge < -0.3 is 96.0 Å². The molecule has 2 rings (SSSR count). The predicted molar refractivity (Wildman–Crippen MR) is 309 cm³/mol. The highest BCUT2D eigenvalue weighted by atomic mass is 16.4. The van der Waals surface area contributed by atoms with Crippen LogP contribution in [0.15, 0.2) is 52.8 Å². The summed E-state index contributed by atoms with van der Waals surface area (Å²) >= 11 is 0. The Balaban J connectivity index is 2.35. The molecule has 2 aromatic rings. The average molecular weight is 1190 g/mol. The number of nitrogens with two attached hydrogens (primary N) is 5. The highest BCUT2D eigenvalue weighted by Crippen LogP contribution is 2.15. The standard InChI is InChI=1S/C53H88N18O13/c1-8-29(3)42(51(84)71(27-41(76)77)30(4)9-2)67-39(74)26-70(22-14-21-61-53(57)58)40(75)25-62-49(82)43(32(6)72)69-50(83)44(33(7)73)68-48(81)38(23-35-24-59-28-63-35)66-47(80)37(19-18-34-15-11-10-12-16-34)65-45(78)31(5)64-46(79)36(54)17-13-20-60-52(55)56/h10-12,15-16,24,28-33,36-38,42-44,72-73H,8-9,13-14,17-23,25-27,54H2,1-7H3,(H,59,63)(H,62,82)(H,64,79)(H,65,78)(H,66,80)(H,67,74)(H,68,81)(H,69,83)(H,76,77)(H4,55,56,60)(H4,57,58,61)/t29?,30?,31-,32+,33+,36-,37-,38-,42-,43-,44-/m0/s1. The first-order valence-electron chi connectivity index (χ1n) is 27.7. The number of carbonyl (C=O) groups excluding carboxylic acids is 9. The number of aromatic amines is 1. The molecule has 2 unspecified atom stereocenters. The topological polar surface area (TPSA) is 506 Å². The second kappa shape index (κ2) is 36.9. The van der Waals surface area contributed by atoms with Gasteiger partial charge >= 0.3 is 5.97 Å². The summed E-state index contributed by atoms with van der Waals surface area (Å²) in [4.78, 5) is 152. The first-order chi connectivity index (χ1) is 39.6. The number of hydrogen-bond donors (Lipinski definition) is 16. The first kappa shape index (κ1) is 71.7. The Morgan fingerprint density at radius 3 is 1.81 bits per heavy atom. The Labute approximate surface area is 488 Å². The van der Waals surface area contributed by atoms with E-state index >= 15 is 0 Å². The molecule has 31 nitrogen and oxygen atoms in total. The second-order valence-corrected chi connectivity index (χ2v) is 20.4. The van der Waals surface area contributed by atoms with Crippen molar-refractivity contribution in [3.8, 4) is 0 Å². The average Bonchev–Trinajstić information content (AvgIpc) is 4.06. The van der Waals surface area contributed by atoms with Gasteiger partial charge in [0.2, 0.25) is 53.2 Å². The normalized spacial score (nSPS) is 14.9. The van der Waals surface area contributed by atoms with Crippen molar-refractivity contribution >= 4 is 71.1 Å². The Morgan fingerprint density at radius 2 is 1.25 bits per heavy atom. The van der Waals surface area contributed by atoms with E-state index in [0.717, 1.165) is 29.2 Å². The van der Waals surface area contributed by atoms with Crippen molar-refractivity contribution in [3.05, 3.63) is 54.1 Å². The Hall–Kier alpha value is -8.45. The van der Waals surface area contributed by atoms with E-state index in [0.29, 0.717) is 25.0 Å². The van der Waals surface area contributed by atoms with Crippen LogP contribution in [0, 0.1) is 5.92 Å². The molecule has 0 fully saturated rings. The molecule has 1 aromatic heterocycles. The van der Waals surface area contributed by atoms with Crippen LogP contribution in [0.5, 0.6) is 0 Å². The number of H-pyrrole nitrogens is 1. The van der Waals surface area contributed by atoms with Crippen molar-refractivity contribution in [2.24, 2.45) is 44.6 Å². The van der Waals surface area contributed by atoms with E-state index in [1.807, 2.05) is 0 Å². The molecule has 0 aliphatic carbocycles. The lowest BCUT2D eigenvalue weighted by Gasteiger charge is -2.33. The number of hydrogen-bond acceptors (Lipinski definition) is 16. The quantitative estimate of drug-likeness (QED) is 0.0170. The van der Waals surface area contributed by atoms with Crippen LogP contribution in [0.3, 0.4) is 0 Å². The minimum atomic E-state index is -1.85. The molecule has 0 aliphatic heterocycles. The Morgan fingerprint density at radius 1 is 0.667 bits per heavy atom. The number of aliphatic hydroxyl groups excluding tert-OH is 2. The predicted octanol–water partition coefficient (Wildman–Crippen LogP) is -4.98. The van der Waals surface area contributed by atoms with E-state index in [2.05, 4.69) is 57.2 Å². The van der Waals surface area contributed by atoms with Crippen molar-refractivity contribution < 1.29 is 63.3 Å². The van der Waals surface area contributed by atoms with Crippen LogP contribution >= 0.6 is 0 Å². The van der Waals surface area contributed by atoms with Crippen LogP contribution in [0.2, 0.25) is 0 Å². The van der Waals surface area contributed by atoms with Gasteiger partial charge in [0, 0.05) is 44.0 Å². The van der Waals surface area contributed by atoms with Gasteiger partial charge in [-0.15, -0.1) is 0 Å². The van der Waals surface area contributed by atoms with Crippen LogP contribution < -0.4 is 65.9 Å². The van der Waals surface area contributed by atoms with Gasteiger partial charge in [-0.3, -0.25) is 57.9 Å². The zero-order chi connectivity index (χ0) is 63.2. The number of aliphatic carboxylic acids is 1. The van der Waals surface area contributed by atoms with Crippen molar-refractivity contribution in [1.29, 1.82) is 0 Å². The molecule has 0 saturated carbocycles. The van der Waals surface area contributed by atoms with E-state index in [9.17, 15) is 63.3 Å². The number of aromatic nitrogens is 2. The monoisotopic (exact) mass is 1180 g/mol. The minimum Gasteiger partial charge on any atom is -0.480 e. The van der Waals surface area contributed by atoms with E-state index in [1.165, 1.54) is 19.4 Å². The molecule has 0 radical (unpaired) electrons. The summed E-state index contributed by atoms with van der Waals surface area (Å²) < 4.78 is 0. The number of amides is 9. The number of aliphatic imine (C=N–C) groups is 2. The fourth-order valence-corrected chi connectivity index (χ4v) is 8.18. The van der Waals surface area contributed by atoms with Gasteiger partial charge in [0.05, 0.1) is 37.7 Å². The number of nitrogens with zero attached hydrogens (tertiary/aromatic N) is 5. The number of guanidine groups is 2. The molecule has 31 heteroatoms. The number of benzene rings is 1. The highest BCUT2D eigenvalue weighted by Gasteiger charge is 2.37. The number of rotatable bonds is 38. The molecular weight excluding hydrogens is 1100 g/mol. The molecular formula is C53H88N18O13. The smallest absolute Gasteiger partial charge is 0.323 e. The summed E-state index contributed by atoms with van der Waals surface area (Å²) in [5.41, 5.74) is 28.8. The van der Waals surface area contributed by atoms with Crippen LogP contribution in [-0.2, 0) is 60.8 Å². The van der Waals surface area contributed by atoms with Gasteiger partial charge in [-0.2, -0.15) is 0 Å². The van der Waals surface area contributed by atoms with Gasteiger partial charge in [0.25, 0.3) is 0 Å². The maximum absolute atomic E-state index is 14.3. The molecule has 84 heavy (non-hydrogen) atoms. The van der Waals surface area contributed by atoms with Crippen LogP contribution in [0.1, 0.15) is 98.2 Å². The maximum atomic E-state index is 14.3. The second-order valence-electron chi connectivity index (χ2n) is 20.4. The van der Waals surface area contributed by atoms with Crippen LogP contribution in [0.25, 0.3) is 0 Å². The maximum Gasteiger partial charge on any atom is 0.323 e. The summed E-state index contributed by atoms with van der Waals surface area (Å²) in [7, 11) is 0. The number of nitrogens with one attached hydrogen (secondary N) is 8. The molecule has 0 bridgehead atoms. The van der Waals surface area contributed by atoms with E-state index in [1.54, 1.807) is 58.0 Å². The highest BCUT2D eigenvalue weighted by molar-refractivity contribution is 5.98. The lowest BCUT2D eigenvalue weighted by Crippen LogP contribution is -2.62. The van der Waals surface area contributed by atoms with Crippen LogP contribution in [0.4, 0.5) is 0 Å². The summed E-state index contributed by atoms with van der Waals surface area (Å²) in [6.45, 7) is 8.65. The number of carbonyl (C=O) groups is 10. The molecule has 21 N–H and O–H groups in total. The summed E-state index contributed by atoms with van der Waals surface area (Å²) in [5, 5.41) is 48.7. The van der Waals surface area contributed by atoms with E-state index < -0.39 is 145 Å². The number of aliphatic hydroxyl groups is 2. The van der Waals surface area contributed by atoms with Gasteiger partial charge in [-0.25, -0.2) is 4.98 Å². The van der Waals surface area contributed by atoms with Crippen molar-refractivity contribution in [1.82, 2.24) is 57.0 Å². The largest absolute Gasteiger partial charge is 0.480 e. The van der Waals surface area contributed by atoms with Crippen LogP contribution in [-0.4, -0.2) is 206 Å². The molecule has 0 aliphatic rings. The molecule has 1 heterocycles. The first-order valence-corrected chi connectivity index (χ1v) is 27.7. The number of imidazole rings is 1. The number of aryl methyl sites for hydroxylation is 1. The Bertz CT molecular complexity index is 2530. The van der Waals surface area contributed by atoms with E-state index in [4.69, 9.17) is 28.7 Å². The lowest BCUT2D eigenvalue weighted by atomic mass is 9.96. The fourth-order valence-electron chi connectivity index (χ4n) is 8.18. The Kier molecular flexibility index (Phi) is 31.5. The number of carboxylic acid groups (broad SMARTS) is 1. The summed E-state index contributed by atoms with van der Waals surface area (Å²) in [6.07, 6.45) is 0.866. The molecule has 0 saturated heterocycles. The number of carboxylic acids is 1. The molecule has 11 atom stereocenters. The minimum absolute atomic E-state index is 0.000982. The molecule has 468 valence electrons. The van der Waals surface area contributed by atoms with E-state index in [-0.39, 0.29) is 63.7 Å². The lowest BCUT2D eigenvalue weighted by molar-refractivity contribution is -0.148. The third-order valence-corrected chi connectivity index (χ3v) is 13.5. The SMILES string of the molecule is CCC(C)[C@H](NC(=O)CN(CCCN=C(N)N)C(=O)CNC(=O)[C@@H](NC(=O)[C@@H](NC(=O)[C@H](Cc1cnc[nH]1)NC(=O)[C@H](CCc1ccccc1)NC(=O)[C@H](C)NC(=O)[C@@H](N)CCCN=C(N)N)[C@@H](C)O)[C@@H](C)O)C(=O)N(CC(=O)O)C(C)CC. The summed E-state index contributed by atoms with van der Waals surface area (Å²) in [5.74, 6) is -9.94. The zero-order valence-electron chi connectivity index (χ0n) is 48.8. The van der Waals surface area contributed by atoms with Gasteiger partial charge in [0.15, 0.2) is 11.9 Å². The summed E-state index contributed by atoms with van der Waals surface area (Å²) in [6, 6.07) is -1.42. The third kappa shape index (κ3) is 25.8. The molecule has 1 aromatic carbocycles. The molecule has 9 amide bonds. The van der Waals surface area contributed by atoms with Crippen molar-refractivity contribution in [2.45, 2.75) is 160 Å². The van der Waals surface area contributed by atoms with Crippen molar-refractivity contribution in [2.75, 3.05) is 39.3 Å². The zero-order valence-corrected chi connectivity index (χ0v) is 48.8. The fraction of sp³-hybridized carbons (Fsp3) is 0.604.